The minimum absolute atomic E-state index is 0.219. The van der Waals surface area contributed by atoms with E-state index in [-0.39, 0.29) is 17.9 Å². The summed E-state index contributed by atoms with van der Waals surface area (Å²) in [4.78, 5) is 38.4. The molecule has 178 valence electrons. The number of nitrogens with one attached hydrogen (secondary N) is 1. The van der Waals surface area contributed by atoms with Crippen molar-refractivity contribution in [1.29, 1.82) is 0 Å². The highest BCUT2D eigenvalue weighted by Crippen LogP contribution is 2.38. The molecule has 0 aliphatic carbocycles. The normalized spacial score (nSPS) is 14.8. The number of anilines is 1. The van der Waals surface area contributed by atoms with Gasteiger partial charge in [-0.05, 0) is 69.5 Å². The highest BCUT2D eigenvalue weighted by molar-refractivity contribution is 9.10. The molecule has 1 heterocycles. The number of halogens is 3. The zero-order valence-electron chi connectivity index (χ0n) is 18.2. The summed E-state index contributed by atoms with van der Waals surface area (Å²) in [7, 11) is 1.45. The molecule has 0 saturated carbocycles. The van der Waals surface area contributed by atoms with Gasteiger partial charge in [-0.15, -0.1) is 0 Å². The molecular formula is C25H17BrClFN2O5. The number of carbonyl (C=O) groups is 3. The average Bonchev–Trinajstić information content (AvgIpc) is 2.82. The number of barbiturate groups is 1. The van der Waals surface area contributed by atoms with Crippen molar-refractivity contribution in [2.45, 2.75) is 6.61 Å². The van der Waals surface area contributed by atoms with Crippen molar-refractivity contribution in [3.63, 3.8) is 0 Å². The van der Waals surface area contributed by atoms with E-state index in [0.717, 1.165) is 11.6 Å². The molecule has 3 aromatic rings. The largest absolute Gasteiger partial charge is 0.493 e. The molecule has 1 aliphatic rings. The van der Waals surface area contributed by atoms with Gasteiger partial charge < -0.3 is 9.47 Å². The molecule has 0 bridgehead atoms. The van der Waals surface area contributed by atoms with Gasteiger partial charge in [0.15, 0.2) is 11.5 Å². The van der Waals surface area contributed by atoms with Crippen LogP contribution >= 0.6 is 27.5 Å². The molecule has 0 spiro atoms. The molecule has 3 aromatic carbocycles. The van der Waals surface area contributed by atoms with E-state index in [1.807, 2.05) is 12.1 Å². The lowest BCUT2D eigenvalue weighted by Crippen LogP contribution is -2.54. The quantitative estimate of drug-likeness (QED) is 0.319. The molecule has 1 aliphatic heterocycles. The van der Waals surface area contributed by atoms with Gasteiger partial charge in [-0.1, -0.05) is 35.9 Å². The van der Waals surface area contributed by atoms with E-state index in [1.54, 1.807) is 24.3 Å². The third-order valence-electron chi connectivity index (χ3n) is 5.03. The van der Waals surface area contributed by atoms with Gasteiger partial charge in [-0.25, -0.2) is 14.1 Å². The summed E-state index contributed by atoms with van der Waals surface area (Å²) >= 11 is 9.45. The van der Waals surface area contributed by atoms with Crippen LogP contribution in [0.2, 0.25) is 5.02 Å². The topological polar surface area (TPSA) is 84.9 Å². The number of carbonyl (C=O) groups excluding carboxylic acids is 3. The van der Waals surface area contributed by atoms with Gasteiger partial charge in [0.25, 0.3) is 11.8 Å². The van der Waals surface area contributed by atoms with Crippen molar-refractivity contribution in [1.82, 2.24) is 5.32 Å². The van der Waals surface area contributed by atoms with E-state index in [2.05, 4.69) is 21.2 Å². The average molecular weight is 560 g/mol. The van der Waals surface area contributed by atoms with E-state index < -0.39 is 23.7 Å². The van der Waals surface area contributed by atoms with Crippen molar-refractivity contribution >= 4 is 57.1 Å². The fourth-order valence-electron chi connectivity index (χ4n) is 3.42. The summed E-state index contributed by atoms with van der Waals surface area (Å²) in [5.74, 6) is -1.91. The van der Waals surface area contributed by atoms with Gasteiger partial charge in [0.2, 0.25) is 0 Å². The van der Waals surface area contributed by atoms with Crippen LogP contribution in [0.1, 0.15) is 11.1 Å². The lowest BCUT2D eigenvalue weighted by Gasteiger charge is -2.26. The van der Waals surface area contributed by atoms with Gasteiger partial charge in [0.1, 0.15) is 18.0 Å². The molecular weight excluding hydrogens is 543 g/mol. The third kappa shape index (κ3) is 5.21. The van der Waals surface area contributed by atoms with E-state index in [4.69, 9.17) is 21.1 Å². The molecule has 1 fully saturated rings. The number of hydrogen-bond acceptors (Lipinski definition) is 5. The smallest absolute Gasteiger partial charge is 0.336 e. The van der Waals surface area contributed by atoms with Crippen molar-refractivity contribution in [3.8, 4) is 11.5 Å². The molecule has 1 saturated heterocycles. The summed E-state index contributed by atoms with van der Waals surface area (Å²) < 4.78 is 26.1. The number of urea groups is 1. The Balaban J connectivity index is 1.65. The van der Waals surface area contributed by atoms with Crippen LogP contribution in [0.3, 0.4) is 0 Å². The van der Waals surface area contributed by atoms with Crippen molar-refractivity contribution < 1.29 is 28.2 Å². The first-order chi connectivity index (χ1) is 16.8. The van der Waals surface area contributed by atoms with Crippen LogP contribution in [0.5, 0.6) is 11.5 Å². The first-order valence-corrected chi connectivity index (χ1v) is 11.4. The Bertz CT molecular complexity index is 1380. The maximum absolute atomic E-state index is 14.3. The monoisotopic (exact) mass is 558 g/mol. The SMILES string of the molecule is COc1cc(/C=C2/C(=O)NC(=O)N(c3ccccc3F)C2=O)cc(Br)c1OCc1cccc(Cl)c1. The molecule has 0 aromatic heterocycles. The third-order valence-corrected chi connectivity index (χ3v) is 5.85. The number of imide groups is 2. The number of hydrogen-bond donors (Lipinski definition) is 1. The Labute approximate surface area is 213 Å². The van der Waals surface area contributed by atoms with E-state index >= 15 is 0 Å². The van der Waals surface area contributed by atoms with Crippen LogP contribution in [0, 0.1) is 5.82 Å². The number of amides is 4. The number of nitrogens with zero attached hydrogens (tertiary/aromatic N) is 1. The van der Waals surface area contributed by atoms with E-state index in [1.165, 1.54) is 31.4 Å². The zero-order valence-corrected chi connectivity index (χ0v) is 20.5. The summed E-state index contributed by atoms with van der Waals surface area (Å²) in [6.45, 7) is 0.219. The molecule has 0 atom stereocenters. The predicted molar refractivity (Wildman–Crippen MR) is 132 cm³/mol. The molecule has 1 N–H and O–H groups in total. The summed E-state index contributed by atoms with van der Waals surface area (Å²) in [6.07, 6.45) is 1.28. The van der Waals surface area contributed by atoms with E-state index in [0.29, 0.717) is 31.5 Å². The molecule has 4 rings (SSSR count). The second-order valence-electron chi connectivity index (χ2n) is 7.36. The second kappa shape index (κ2) is 10.3. The van der Waals surface area contributed by atoms with Gasteiger partial charge in [-0.3, -0.25) is 14.9 Å². The maximum atomic E-state index is 14.3. The van der Waals surface area contributed by atoms with E-state index in [9.17, 15) is 18.8 Å². The number of rotatable bonds is 6. The number of benzene rings is 3. The minimum Gasteiger partial charge on any atom is -0.493 e. The molecule has 10 heteroatoms. The van der Waals surface area contributed by atoms with Crippen LogP contribution < -0.4 is 19.7 Å². The highest BCUT2D eigenvalue weighted by Gasteiger charge is 2.38. The van der Waals surface area contributed by atoms with Crippen molar-refractivity contribution in [2.75, 3.05) is 12.0 Å². The number of para-hydroxylation sites is 1. The molecule has 7 nitrogen and oxygen atoms in total. The number of ether oxygens (including phenoxy) is 2. The first-order valence-electron chi connectivity index (χ1n) is 10.2. The van der Waals surface area contributed by atoms with Gasteiger partial charge in [0, 0.05) is 5.02 Å². The van der Waals surface area contributed by atoms with Crippen molar-refractivity contribution in [3.05, 3.63) is 92.7 Å². The number of methoxy groups -OCH3 is 1. The summed E-state index contributed by atoms with van der Waals surface area (Å²) in [5.41, 5.74) is 0.636. The van der Waals surface area contributed by atoms with Crippen LogP contribution in [-0.2, 0) is 16.2 Å². The predicted octanol–water partition coefficient (Wildman–Crippen LogP) is 5.50. The first kappa shape index (κ1) is 24.4. The Morgan fingerprint density at radius 2 is 1.86 bits per heavy atom. The Kier molecular flexibility index (Phi) is 7.18. The fraction of sp³-hybridized carbons (Fsp3) is 0.0800. The molecule has 35 heavy (non-hydrogen) atoms. The molecule has 0 radical (unpaired) electrons. The van der Waals surface area contributed by atoms with Gasteiger partial charge in [0.05, 0.1) is 17.3 Å². The second-order valence-corrected chi connectivity index (χ2v) is 8.65. The molecule has 4 amide bonds. The van der Waals surface area contributed by atoms with Gasteiger partial charge >= 0.3 is 6.03 Å². The van der Waals surface area contributed by atoms with Crippen LogP contribution in [-0.4, -0.2) is 25.0 Å². The summed E-state index contributed by atoms with van der Waals surface area (Å²) in [6, 6.07) is 14.6. The minimum atomic E-state index is -1.04. The van der Waals surface area contributed by atoms with Gasteiger partial charge in [-0.2, -0.15) is 0 Å². The van der Waals surface area contributed by atoms with Crippen molar-refractivity contribution in [2.24, 2.45) is 0 Å². The Morgan fingerprint density at radius 3 is 2.57 bits per heavy atom. The standard InChI is InChI=1S/C25H17BrClFN2O5/c1-34-21-12-15(11-18(26)22(21)35-13-14-5-4-6-16(27)9-14)10-17-23(31)29-25(33)30(24(17)32)20-8-3-2-7-19(20)28/h2-12H,13H2,1H3,(H,29,31,33)/b17-10-. The highest BCUT2D eigenvalue weighted by atomic mass is 79.9. The fourth-order valence-corrected chi connectivity index (χ4v) is 4.21. The lowest BCUT2D eigenvalue weighted by molar-refractivity contribution is -0.122. The van der Waals surface area contributed by atoms with Crippen LogP contribution in [0.4, 0.5) is 14.9 Å². The van der Waals surface area contributed by atoms with Crippen LogP contribution in [0.15, 0.2) is 70.7 Å². The maximum Gasteiger partial charge on any atom is 0.336 e. The Morgan fingerprint density at radius 1 is 1.09 bits per heavy atom. The zero-order chi connectivity index (χ0) is 25.1. The summed E-state index contributed by atoms with van der Waals surface area (Å²) in [5, 5.41) is 2.65. The van der Waals surface area contributed by atoms with Crippen LogP contribution in [0.25, 0.3) is 6.08 Å². The Hall–Kier alpha value is -3.69. The lowest BCUT2D eigenvalue weighted by atomic mass is 10.1. The molecule has 0 unspecified atom stereocenters.